The molecule has 0 aliphatic heterocycles. The van der Waals surface area contributed by atoms with E-state index in [2.05, 4.69) is 15.5 Å². The first-order valence-corrected chi connectivity index (χ1v) is 7.24. The number of nitrogens with one attached hydrogen (secondary N) is 1. The summed E-state index contributed by atoms with van der Waals surface area (Å²) in [6.45, 7) is 0.370. The zero-order valence-corrected chi connectivity index (χ0v) is 10.2. The van der Waals surface area contributed by atoms with E-state index < -0.39 is 9.84 Å². The first-order chi connectivity index (χ1) is 8.06. The van der Waals surface area contributed by atoms with Crippen molar-refractivity contribution in [1.82, 2.24) is 10.2 Å². The minimum Gasteiger partial charge on any atom is -0.382 e. The molecule has 0 fully saturated rings. The standard InChI is InChI=1S/C11H13N3O2S/c1-17(15,16)7-6-12-11-8-13-14-10-5-3-2-4-9(10)11/h2-5,8H,6-7H2,1H3,(H,12,14). The molecule has 0 saturated carbocycles. The fraction of sp³-hybridized carbons (Fsp3) is 0.273. The van der Waals surface area contributed by atoms with Gasteiger partial charge < -0.3 is 5.32 Å². The Morgan fingerprint density at radius 3 is 2.82 bits per heavy atom. The van der Waals surface area contributed by atoms with Crippen LogP contribution < -0.4 is 5.32 Å². The molecule has 0 unspecified atom stereocenters. The predicted octanol–water partition coefficient (Wildman–Crippen LogP) is 1.09. The topological polar surface area (TPSA) is 72.0 Å². The lowest BCUT2D eigenvalue weighted by atomic mass is 10.2. The van der Waals surface area contributed by atoms with E-state index in [1.54, 1.807) is 6.20 Å². The van der Waals surface area contributed by atoms with Crippen LogP contribution in [0.4, 0.5) is 5.69 Å². The Bertz CT molecular complexity index is 620. The molecule has 17 heavy (non-hydrogen) atoms. The number of hydrogen-bond donors (Lipinski definition) is 1. The third-order valence-corrected chi connectivity index (χ3v) is 3.28. The summed E-state index contributed by atoms with van der Waals surface area (Å²) in [4.78, 5) is 0. The maximum absolute atomic E-state index is 11.0. The van der Waals surface area contributed by atoms with Crippen molar-refractivity contribution in [1.29, 1.82) is 0 Å². The molecular weight excluding hydrogens is 238 g/mol. The van der Waals surface area contributed by atoms with Crippen molar-refractivity contribution >= 4 is 26.4 Å². The highest BCUT2D eigenvalue weighted by Gasteiger charge is 2.04. The van der Waals surface area contributed by atoms with Crippen molar-refractivity contribution < 1.29 is 8.42 Å². The second-order valence-electron chi connectivity index (χ2n) is 3.83. The van der Waals surface area contributed by atoms with E-state index in [-0.39, 0.29) is 5.75 Å². The smallest absolute Gasteiger partial charge is 0.149 e. The number of anilines is 1. The fourth-order valence-electron chi connectivity index (χ4n) is 1.52. The predicted molar refractivity (Wildman–Crippen MR) is 67.7 cm³/mol. The van der Waals surface area contributed by atoms with Crippen LogP contribution in [-0.2, 0) is 9.84 Å². The monoisotopic (exact) mass is 251 g/mol. The molecule has 5 nitrogen and oxygen atoms in total. The third kappa shape index (κ3) is 3.13. The van der Waals surface area contributed by atoms with E-state index in [9.17, 15) is 8.42 Å². The molecule has 1 aromatic heterocycles. The van der Waals surface area contributed by atoms with Gasteiger partial charge in [-0.05, 0) is 6.07 Å². The van der Waals surface area contributed by atoms with Gasteiger partial charge in [0.25, 0.3) is 0 Å². The van der Waals surface area contributed by atoms with E-state index in [1.807, 2.05) is 24.3 Å². The molecule has 2 rings (SSSR count). The molecular formula is C11H13N3O2S. The number of rotatable bonds is 4. The van der Waals surface area contributed by atoms with Gasteiger partial charge >= 0.3 is 0 Å². The largest absolute Gasteiger partial charge is 0.382 e. The molecule has 0 aliphatic rings. The third-order valence-electron chi connectivity index (χ3n) is 2.33. The van der Waals surface area contributed by atoms with Crippen LogP contribution in [-0.4, -0.2) is 37.2 Å². The van der Waals surface area contributed by atoms with Gasteiger partial charge in [-0.3, -0.25) is 0 Å². The molecule has 2 aromatic rings. The van der Waals surface area contributed by atoms with E-state index in [4.69, 9.17) is 0 Å². The number of benzene rings is 1. The molecule has 0 radical (unpaired) electrons. The maximum Gasteiger partial charge on any atom is 0.149 e. The molecule has 1 heterocycles. The number of nitrogens with zero attached hydrogens (tertiary/aromatic N) is 2. The van der Waals surface area contributed by atoms with Crippen LogP contribution in [0.2, 0.25) is 0 Å². The Kier molecular flexibility index (Phi) is 3.23. The van der Waals surface area contributed by atoms with Crippen LogP contribution in [0, 0.1) is 0 Å². The highest BCUT2D eigenvalue weighted by Crippen LogP contribution is 2.19. The van der Waals surface area contributed by atoms with Crippen molar-refractivity contribution in [3.63, 3.8) is 0 Å². The summed E-state index contributed by atoms with van der Waals surface area (Å²) in [5.74, 6) is 0.101. The van der Waals surface area contributed by atoms with Gasteiger partial charge in [-0.25, -0.2) is 8.42 Å². The average Bonchev–Trinajstić information content (AvgIpc) is 2.28. The molecule has 0 spiro atoms. The van der Waals surface area contributed by atoms with Crippen LogP contribution in [0.5, 0.6) is 0 Å². The van der Waals surface area contributed by atoms with Gasteiger partial charge in [0.05, 0.1) is 23.2 Å². The summed E-state index contributed by atoms with van der Waals surface area (Å²) >= 11 is 0. The lowest BCUT2D eigenvalue weighted by Gasteiger charge is -2.07. The molecule has 0 bridgehead atoms. The number of hydrogen-bond acceptors (Lipinski definition) is 5. The van der Waals surface area contributed by atoms with Crippen molar-refractivity contribution in [2.24, 2.45) is 0 Å². The van der Waals surface area contributed by atoms with E-state index in [0.29, 0.717) is 6.54 Å². The summed E-state index contributed by atoms with van der Waals surface area (Å²) in [5, 5.41) is 11.9. The van der Waals surface area contributed by atoms with Crippen LogP contribution in [0.15, 0.2) is 30.5 Å². The van der Waals surface area contributed by atoms with Crippen LogP contribution in [0.1, 0.15) is 0 Å². The minimum atomic E-state index is -2.95. The first kappa shape index (κ1) is 11.8. The lowest BCUT2D eigenvalue weighted by molar-refractivity contribution is 0.602. The summed E-state index contributed by atoms with van der Waals surface area (Å²) in [5.41, 5.74) is 1.59. The molecule has 0 saturated heterocycles. The maximum atomic E-state index is 11.0. The van der Waals surface area contributed by atoms with Gasteiger partial charge in [0.15, 0.2) is 0 Å². The van der Waals surface area contributed by atoms with Gasteiger partial charge in [0, 0.05) is 18.2 Å². The number of fused-ring (bicyclic) bond motifs is 1. The first-order valence-electron chi connectivity index (χ1n) is 5.18. The van der Waals surface area contributed by atoms with Crippen LogP contribution in [0.25, 0.3) is 10.9 Å². The summed E-state index contributed by atoms with van der Waals surface area (Å²) in [7, 11) is -2.95. The summed E-state index contributed by atoms with van der Waals surface area (Å²) in [6, 6.07) is 7.58. The van der Waals surface area contributed by atoms with Gasteiger partial charge in [0.2, 0.25) is 0 Å². The quantitative estimate of drug-likeness (QED) is 0.880. The van der Waals surface area contributed by atoms with Crippen LogP contribution >= 0.6 is 0 Å². The normalized spacial score (nSPS) is 11.6. The van der Waals surface area contributed by atoms with Crippen molar-refractivity contribution in [3.05, 3.63) is 30.5 Å². The summed E-state index contributed by atoms with van der Waals surface area (Å²) in [6.07, 6.45) is 2.82. The van der Waals surface area contributed by atoms with Gasteiger partial charge in [-0.15, -0.1) is 0 Å². The van der Waals surface area contributed by atoms with E-state index >= 15 is 0 Å². The van der Waals surface area contributed by atoms with Gasteiger partial charge in [-0.2, -0.15) is 10.2 Å². The molecule has 0 amide bonds. The zero-order valence-electron chi connectivity index (χ0n) is 9.42. The Hall–Kier alpha value is -1.69. The van der Waals surface area contributed by atoms with Crippen molar-refractivity contribution in [2.75, 3.05) is 23.9 Å². The van der Waals surface area contributed by atoms with Crippen molar-refractivity contribution in [3.8, 4) is 0 Å². The molecule has 6 heteroatoms. The molecule has 1 aromatic carbocycles. The van der Waals surface area contributed by atoms with Crippen LogP contribution in [0.3, 0.4) is 0 Å². The number of aromatic nitrogens is 2. The Morgan fingerprint density at radius 1 is 1.29 bits per heavy atom. The van der Waals surface area contributed by atoms with E-state index in [1.165, 1.54) is 6.26 Å². The Balaban J connectivity index is 2.19. The minimum absolute atomic E-state index is 0.101. The van der Waals surface area contributed by atoms with Gasteiger partial charge in [-0.1, -0.05) is 18.2 Å². The SMILES string of the molecule is CS(=O)(=O)CCNc1cnnc2ccccc12. The van der Waals surface area contributed by atoms with Gasteiger partial charge in [0.1, 0.15) is 9.84 Å². The highest BCUT2D eigenvalue weighted by atomic mass is 32.2. The fourth-order valence-corrected chi connectivity index (χ4v) is 1.99. The molecule has 90 valence electrons. The number of sulfone groups is 1. The van der Waals surface area contributed by atoms with E-state index in [0.717, 1.165) is 16.6 Å². The van der Waals surface area contributed by atoms with Crippen molar-refractivity contribution in [2.45, 2.75) is 0 Å². The molecule has 1 N–H and O–H groups in total. The zero-order chi connectivity index (χ0) is 12.3. The Morgan fingerprint density at radius 2 is 2.06 bits per heavy atom. The average molecular weight is 251 g/mol. The Labute approximate surface area is 99.8 Å². The summed E-state index contributed by atoms with van der Waals surface area (Å²) < 4.78 is 22.0. The second kappa shape index (κ2) is 4.67. The molecule has 0 aliphatic carbocycles. The second-order valence-corrected chi connectivity index (χ2v) is 6.09. The lowest BCUT2D eigenvalue weighted by Crippen LogP contribution is -2.14. The molecule has 0 atom stereocenters. The highest BCUT2D eigenvalue weighted by molar-refractivity contribution is 7.90.